The van der Waals surface area contributed by atoms with Crippen LogP contribution in [0.3, 0.4) is 0 Å². The highest BCUT2D eigenvalue weighted by Gasteiger charge is 2.10. The smallest absolute Gasteiger partial charge is 0.319 e. The van der Waals surface area contributed by atoms with Crippen molar-refractivity contribution in [2.24, 2.45) is 0 Å². The second-order valence-corrected chi connectivity index (χ2v) is 6.33. The van der Waals surface area contributed by atoms with Crippen LogP contribution in [0.1, 0.15) is 24.2 Å². The van der Waals surface area contributed by atoms with Gasteiger partial charge in [-0.25, -0.2) is 9.78 Å². The number of nitrogens with one attached hydrogen (secondary N) is 2. The topological polar surface area (TPSA) is 66.9 Å². The minimum Gasteiger partial charge on any atom is -0.331 e. The van der Waals surface area contributed by atoms with Gasteiger partial charge in [0.05, 0.1) is 6.04 Å². The van der Waals surface area contributed by atoms with Crippen LogP contribution >= 0.6 is 11.3 Å². The van der Waals surface area contributed by atoms with Crippen LogP contribution in [-0.4, -0.2) is 16.0 Å². The molecule has 0 fully saturated rings. The molecule has 0 aliphatic carbocycles. The summed E-state index contributed by atoms with van der Waals surface area (Å²) in [4.78, 5) is 20.7. The number of pyridine rings is 1. The highest BCUT2D eigenvalue weighted by Crippen LogP contribution is 2.25. The maximum absolute atomic E-state index is 12.2. The van der Waals surface area contributed by atoms with Crippen molar-refractivity contribution in [1.82, 2.24) is 15.3 Å². The number of nitrogens with zero attached hydrogens (tertiary/aromatic N) is 2. The third-order valence-corrected chi connectivity index (χ3v) is 4.55. The summed E-state index contributed by atoms with van der Waals surface area (Å²) in [5.41, 5.74) is 3.73. The summed E-state index contributed by atoms with van der Waals surface area (Å²) < 4.78 is 0. The SMILES string of the molecule is Cc1csc(-c2cccc(NC(=O)N[C@H](C)c3ccncc3)c2)n1. The van der Waals surface area contributed by atoms with Crippen LogP contribution in [0.2, 0.25) is 0 Å². The lowest BCUT2D eigenvalue weighted by Crippen LogP contribution is -2.31. The van der Waals surface area contributed by atoms with Crippen molar-refractivity contribution in [3.63, 3.8) is 0 Å². The summed E-state index contributed by atoms with van der Waals surface area (Å²) in [7, 11) is 0. The first-order valence-electron chi connectivity index (χ1n) is 7.62. The zero-order chi connectivity index (χ0) is 16.9. The lowest BCUT2D eigenvalue weighted by molar-refractivity contribution is 0.249. The van der Waals surface area contributed by atoms with Gasteiger partial charge in [0.2, 0.25) is 0 Å². The fourth-order valence-electron chi connectivity index (χ4n) is 2.32. The number of urea groups is 1. The summed E-state index contributed by atoms with van der Waals surface area (Å²) in [6.45, 7) is 3.90. The predicted octanol–water partition coefficient (Wildman–Crippen LogP) is 4.40. The number of hydrogen-bond acceptors (Lipinski definition) is 4. The third kappa shape index (κ3) is 3.97. The molecule has 0 saturated heterocycles. The zero-order valence-corrected chi connectivity index (χ0v) is 14.3. The van der Waals surface area contributed by atoms with Crippen LogP contribution in [0.25, 0.3) is 10.6 Å². The van der Waals surface area contributed by atoms with Crippen molar-refractivity contribution in [3.8, 4) is 10.6 Å². The normalized spacial score (nSPS) is 11.8. The van der Waals surface area contributed by atoms with E-state index in [9.17, 15) is 4.79 Å². The summed E-state index contributed by atoms with van der Waals surface area (Å²) in [6, 6.07) is 11.1. The molecule has 1 aromatic carbocycles. The van der Waals surface area contributed by atoms with Crippen molar-refractivity contribution in [2.45, 2.75) is 19.9 Å². The Bertz CT molecular complexity index is 832. The van der Waals surface area contributed by atoms with Gasteiger partial charge in [-0.2, -0.15) is 0 Å². The molecule has 0 unspecified atom stereocenters. The maximum Gasteiger partial charge on any atom is 0.319 e. The lowest BCUT2D eigenvalue weighted by atomic mass is 10.1. The van der Waals surface area contributed by atoms with E-state index in [0.717, 1.165) is 27.5 Å². The predicted molar refractivity (Wildman–Crippen MR) is 97.1 cm³/mol. The Labute approximate surface area is 144 Å². The summed E-state index contributed by atoms with van der Waals surface area (Å²) in [6.07, 6.45) is 3.43. The molecule has 2 amide bonds. The van der Waals surface area contributed by atoms with Crippen molar-refractivity contribution in [1.29, 1.82) is 0 Å². The molecule has 2 aromatic heterocycles. The first-order chi connectivity index (χ1) is 11.6. The number of rotatable bonds is 4. The molecule has 0 aliphatic heterocycles. The Kier molecular flexibility index (Phi) is 4.86. The van der Waals surface area contributed by atoms with E-state index in [1.54, 1.807) is 23.7 Å². The number of benzene rings is 1. The molecule has 0 spiro atoms. The fourth-order valence-corrected chi connectivity index (χ4v) is 3.11. The molecule has 24 heavy (non-hydrogen) atoms. The molecule has 2 heterocycles. The lowest BCUT2D eigenvalue weighted by Gasteiger charge is -2.15. The Morgan fingerprint density at radius 3 is 2.71 bits per heavy atom. The van der Waals surface area contributed by atoms with E-state index in [-0.39, 0.29) is 12.1 Å². The average Bonchev–Trinajstić information content (AvgIpc) is 3.02. The molecular weight excluding hydrogens is 320 g/mol. The highest BCUT2D eigenvalue weighted by molar-refractivity contribution is 7.13. The molecule has 5 nitrogen and oxygen atoms in total. The molecule has 3 rings (SSSR count). The van der Waals surface area contributed by atoms with E-state index in [2.05, 4.69) is 20.6 Å². The maximum atomic E-state index is 12.2. The van der Waals surface area contributed by atoms with E-state index in [4.69, 9.17) is 0 Å². The average molecular weight is 338 g/mol. The van der Waals surface area contributed by atoms with Crippen molar-refractivity contribution in [2.75, 3.05) is 5.32 Å². The van der Waals surface area contributed by atoms with Crippen LogP contribution in [0.15, 0.2) is 54.2 Å². The van der Waals surface area contributed by atoms with Gasteiger partial charge in [0, 0.05) is 34.7 Å². The van der Waals surface area contributed by atoms with E-state index < -0.39 is 0 Å². The van der Waals surface area contributed by atoms with Gasteiger partial charge in [-0.15, -0.1) is 11.3 Å². The Morgan fingerprint density at radius 1 is 1.21 bits per heavy atom. The van der Waals surface area contributed by atoms with Gasteiger partial charge in [-0.05, 0) is 43.7 Å². The number of amides is 2. The van der Waals surface area contributed by atoms with Crippen LogP contribution in [-0.2, 0) is 0 Å². The zero-order valence-electron chi connectivity index (χ0n) is 13.5. The van der Waals surface area contributed by atoms with Crippen LogP contribution in [0.4, 0.5) is 10.5 Å². The van der Waals surface area contributed by atoms with E-state index >= 15 is 0 Å². The van der Waals surface area contributed by atoms with Gasteiger partial charge < -0.3 is 10.6 Å². The molecular formula is C18H18N4OS. The molecule has 6 heteroatoms. The molecule has 2 N–H and O–H groups in total. The van der Waals surface area contributed by atoms with Gasteiger partial charge in [-0.3, -0.25) is 4.98 Å². The van der Waals surface area contributed by atoms with Gasteiger partial charge in [0.25, 0.3) is 0 Å². The Morgan fingerprint density at radius 2 is 2.00 bits per heavy atom. The fraction of sp³-hybridized carbons (Fsp3) is 0.167. The minimum absolute atomic E-state index is 0.0993. The van der Waals surface area contributed by atoms with E-state index in [1.807, 2.05) is 55.6 Å². The second kappa shape index (κ2) is 7.23. The Hall–Kier alpha value is -2.73. The number of anilines is 1. The molecule has 0 saturated carbocycles. The third-order valence-electron chi connectivity index (χ3n) is 3.54. The molecule has 122 valence electrons. The van der Waals surface area contributed by atoms with Gasteiger partial charge >= 0.3 is 6.03 Å². The quantitative estimate of drug-likeness (QED) is 0.741. The molecule has 1 atom stereocenters. The van der Waals surface area contributed by atoms with E-state index in [1.165, 1.54) is 0 Å². The van der Waals surface area contributed by atoms with E-state index in [0.29, 0.717) is 0 Å². The van der Waals surface area contributed by atoms with Crippen molar-refractivity contribution < 1.29 is 4.79 Å². The van der Waals surface area contributed by atoms with Crippen LogP contribution in [0, 0.1) is 6.92 Å². The summed E-state index contributed by atoms with van der Waals surface area (Å²) in [5.74, 6) is 0. The first-order valence-corrected chi connectivity index (χ1v) is 8.50. The second-order valence-electron chi connectivity index (χ2n) is 5.48. The van der Waals surface area contributed by atoms with Gasteiger partial charge in [-0.1, -0.05) is 12.1 Å². The monoisotopic (exact) mass is 338 g/mol. The number of aryl methyl sites for hydroxylation is 1. The number of carbonyl (C=O) groups is 1. The molecule has 0 radical (unpaired) electrons. The standard InChI is InChI=1S/C18H18N4OS/c1-12-11-24-17(20-12)15-4-3-5-16(10-15)22-18(23)21-13(2)14-6-8-19-9-7-14/h3-11,13H,1-2H3,(H2,21,22,23)/t13-/m1/s1. The number of thiazole rings is 1. The number of carbonyl (C=O) groups excluding carboxylic acids is 1. The van der Waals surface area contributed by atoms with Crippen LogP contribution in [0.5, 0.6) is 0 Å². The molecule has 0 aliphatic rings. The largest absolute Gasteiger partial charge is 0.331 e. The molecule has 3 aromatic rings. The van der Waals surface area contributed by atoms with Gasteiger partial charge in [0.1, 0.15) is 5.01 Å². The number of hydrogen-bond donors (Lipinski definition) is 2. The highest BCUT2D eigenvalue weighted by atomic mass is 32.1. The number of aromatic nitrogens is 2. The van der Waals surface area contributed by atoms with Crippen LogP contribution < -0.4 is 10.6 Å². The first kappa shape index (κ1) is 16.1. The Balaban J connectivity index is 1.66. The summed E-state index contributed by atoms with van der Waals surface area (Å²) in [5, 5.41) is 8.75. The van der Waals surface area contributed by atoms with Gasteiger partial charge in [0.15, 0.2) is 0 Å². The molecule has 0 bridgehead atoms. The van der Waals surface area contributed by atoms with Crippen molar-refractivity contribution in [3.05, 3.63) is 65.4 Å². The van der Waals surface area contributed by atoms with Crippen molar-refractivity contribution >= 4 is 23.1 Å². The minimum atomic E-state index is -0.244. The summed E-state index contributed by atoms with van der Waals surface area (Å²) >= 11 is 1.59.